The van der Waals surface area contributed by atoms with Crippen molar-refractivity contribution in [1.82, 2.24) is 19.3 Å². The lowest BCUT2D eigenvalue weighted by Crippen LogP contribution is -2.41. The Hall–Kier alpha value is -3.40. The summed E-state index contributed by atoms with van der Waals surface area (Å²) in [5.74, 6) is 1.73. The number of rotatable bonds is 10. The van der Waals surface area contributed by atoms with E-state index in [0.29, 0.717) is 59.8 Å². The molecule has 180 valence electrons. The minimum Gasteiger partial charge on any atom is -0.504 e. The molecule has 1 N–H and O–H groups in total. The van der Waals surface area contributed by atoms with Crippen LogP contribution in [0, 0.1) is 0 Å². The highest BCUT2D eigenvalue weighted by Crippen LogP contribution is 2.27. The number of hydrogen-bond acceptors (Lipinski definition) is 8. The van der Waals surface area contributed by atoms with E-state index in [9.17, 15) is 14.7 Å². The van der Waals surface area contributed by atoms with Crippen molar-refractivity contribution in [2.75, 3.05) is 7.11 Å². The van der Waals surface area contributed by atoms with Crippen LogP contribution in [0.1, 0.15) is 49.0 Å². The molecule has 0 spiro atoms. The summed E-state index contributed by atoms with van der Waals surface area (Å²) in [4.78, 5) is 34.6. The molecule has 0 fully saturated rings. The molecule has 0 amide bonds. The molecule has 0 bridgehead atoms. The van der Waals surface area contributed by atoms with Crippen LogP contribution in [0.3, 0.4) is 0 Å². The Labute approximate surface area is 200 Å². The quantitative estimate of drug-likeness (QED) is 0.466. The van der Waals surface area contributed by atoms with Crippen molar-refractivity contribution in [1.29, 1.82) is 0 Å². The lowest BCUT2D eigenvalue weighted by molar-refractivity contribution is 0.366. The smallest absolute Gasteiger partial charge is 0.332 e. The topological polar surface area (TPSA) is 125 Å². The zero-order valence-electron chi connectivity index (χ0n) is 19.1. The van der Waals surface area contributed by atoms with Crippen molar-refractivity contribution in [3.8, 4) is 11.5 Å². The van der Waals surface area contributed by atoms with E-state index in [2.05, 4.69) is 15.1 Å². The van der Waals surface area contributed by atoms with Crippen LogP contribution < -0.4 is 16.0 Å². The standard InChI is InChI=1S/C23H26ClN5O5/c1-3-4-9-28-21-15(13-18(24)25-21)22(31)29(23(28)32)10-5-6-20-26-19(27-34-20)12-14-7-8-16(30)17(11-14)33-2/h7-8,11,30H,3-6,9-10,12-13H2,1-2H3. The van der Waals surface area contributed by atoms with Crippen LogP contribution in [-0.4, -0.2) is 36.7 Å². The van der Waals surface area contributed by atoms with Gasteiger partial charge in [-0.1, -0.05) is 36.2 Å². The highest BCUT2D eigenvalue weighted by Gasteiger charge is 2.24. The Bertz CT molecular complexity index is 1340. The summed E-state index contributed by atoms with van der Waals surface area (Å²) < 4.78 is 13.3. The lowest BCUT2D eigenvalue weighted by Gasteiger charge is -2.13. The van der Waals surface area contributed by atoms with Crippen LogP contribution in [-0.2, 0) is 32.4 Å². The number of phenols is 1. The minimum absolute atomic E-state index is 0.0597. The summed E-state index contributed by atoms with van der Waals surface area (Å²) in [5, 5.41) is 14.0. The van der Waals surface area contributed by atoms with Crippen molar-refractivity contribution in [2.45, 2.75) is 58.5 Å². The van der Waals surface area contributed by atoms with Gasteiger partial charge in [-0.2, -0.15) is 4.98 Å². The fourth-order valence-electron chi connectivity index (χ4n) is 3.91. The molecule has 0 radical (unpaired) electrons. The first-order chi connectivity index (χ1) is 16.4. The SMILES string of the molecule is CCCCn1c2c(c(=O)n(CCCc3nc(Cc4ccc(O)c(OC)c4)no3)c1=O)CC(Cl)=N2. The number of halogens is 1. The van der Waals surface area contributed by atoms with Gasteiger partial charge in [0.1, 0.15) is 11.0 Å². The molecule has 1 aliphatic heterocycles. The zero-order valence-corrected chi connectivity index (χ0v) is 19.8. The largest absolute Gasteiger partial charge is 0.504 e. The predicted octanol–water partition coefficient (Wildman–Crippen LogP) is 2.96. The summed E-state index contributed by atoms with van der Waals surface area (Å²) in [6.07, 6.45) is 3.26. The van der Waals surface area contributed by atoms with Crippen molar-refractivity contribution in [3.63, 3.8) is 0 Å². The molecule has 10 nitrogen and oxygen atoms in total. The maximum absolute atomic E-state index is 13.0. The predicted molar refractivity (Wildman–Crippen MR) is 127 cm³/mol. The van der Waals surface area contributed by atoms with E-state index in [0.717, 1.165) is 18.4 Å². The number of nitrogens with zero attached hydrogens (tertiary/aromatic N) is 5. The van der Waals surface area contributed by atoms with Crippen LogP contribution in [0.25, 0.3) is 0 Å². The third-order valence-electron chi connectivity index (χ3n) is 5.66. The normalized spacial score (nSPS) is 12.6. The number of aromatic hydroxyl groups is 1. The molecular formula is C23H26ClN5O5. The fourth-order valence-corrected chi connectivity index (χ4v) is 4.12. The summed E-state index contributed by atoms with van der Waals surface area (Å²) in [6, 6.07) is 5.02. The van der Waals surface area contributed by atoms with Crippen LogP contribution in [0.5, 0.6) is 11.5 Å². The number of ether oxygens (including phenoxy) is 1. The number of benzene rings is 1. The molecule has 0 aliphatic carbocycles. The molecule has 3 heterocycles. The van der Waals surface area contributed by atoms with E-state index in [1.165, 1.54) is 11.7 Å². The van der Waals surface area contributed by atoms with Gasteiger partial charge in [0.2, 0.25) is 5.89 Å². The Kier molecular flexibility index (Phi) is 7.16. The van der Waals surface area contributed by atoms with Gasteiger partial charge < -0.3 is 14.4 Å². The maximum atomic E-state index is 13.0. The van der Waals surface area contributed by atoms with Gasteiger partial charge in [-0.05, 0) is 30.5 Å². The van der Waals surface area contributed by atoms with Gasteiger partial charge in [-0.15, -0.1) is 0 Å². The molecule has 0 atom stereocenters. The van der Waals surface area contributed by atoms with Crippen LogP contribution in [0.2, 0.25) is 0 Å². The Morgan fingerprint density at radius 3 is 2.76 bits per heavy atom. The molecule has 4 rings (SSSR count). The van der Waals surface area contributed by atoms with E-state index in [1.807, 2.05) is 6.92 Å². The first-order valence-electron chi connectivity index (χ1n) is 11.2. The average molecular weight is 488 g/mol. The van der Waals surface area contributed by atoms with E-state index < -0.39 is 0 Å². The van der Waals surface area contributed by atoms with Gasteiger partial charge in [0, 0.05) is 32.4 Å². The zero-order chi connectivity index (χ0) is 24.2. The number of aliphatic imine (C=N–C) groups is 1. The molecule has 2 aromatic heterocycles. The Morgan fingerprint density at radius 2 is 2.00 bits per heavy atom. The monoisotopic (exact) mass is 487 g/mol. The molecule has 0 saturated carbocycles. The lowest BCUT2D eigenvalue weighted by atomic mass is 10.1. The molecule has 1 aliphatic rings. The van der Waals surface area contributed by atoms with Crippen molar-refractivity contribution in [2.24, 2.45) is 4.99 Å². The number of aromatic nitrogens is 4. The van der Waals surface area contributed by atoms with Crippen molar-refractivity contribution < 1.29 is 14.4 Å². The minimum atomic E-state index is -0.375. The van der Waals surface area contributed by atoms with Crippen LogP contribution in [0.4, 0.5) is 5.82 Å². The highest BCUT2D eigenvalue weighted by molar-refractivity contribution is 6.66. The van der Waals surface area contributed by atoms with E-state index >= 15 is 0 Å². The first kappa shape index (κ1) is 23.7. The number of aryl methyl sites for hydroxylation is 1. The second kappa shape index (κ2) is 10.3. The number of methoxy groups -OCH3 is 1. The molecule has 0 unspecified atom stereocenters. The third kappa shape index (κ3) is 4.91. The van der Waals surface area contributed by atoms with Gasteiger partial charge in [0.05, 0.1) is 12.7 Å². The fraction of sp³-hybridized carbons (Fsp3) is 0.435. The Morgan fingerprint density at radius 1 is 1.21 bits per heavy atom. The Balaban J connectivity index is 1.45. The average Bonchev–Trinajstić information content (AvgIpc) is 3.43. The second-order valence-corrected chi connectivity index (χ2v) is 8.54. The van der Waals surface area contributed by atoms with Gasteiger partial charge in [-0.3, -0.25) is 13.9 Å². The summed E-state index contributed by atoms with van der Waals surface area (Å²) in [7, 11) is 1.48. The number of fused-ring (bicyclic) bond motifs is 1. The van der Waals surface area contributed by atoms with Crippen LogP contribution in [0.15, 0.2) is 37.3 Å². The van der Waals surface area contributed by atoms with E-state index in [4.69, 9.17) is 20.9 Å². The molecule has 34 heavy (non-hydrogen) atoms. The third-order valence-corrected chi connectivity index (χ3v) is 5.88. The molecule has 1 aromatic carbocycles. The van der Waals surface area contributed by atoms with E-state index in [1.54, 1.807) is 22.8 Å². The highest BCUT2D eigenvalue weighted by atomic mass is 35.5. The summed E-state index contributed by atoms with van der Waals surface area (Å²) in [6.45, 7) is 2.75. The number of phenolic OH excluding ortho intramolecular Hbond substituents is 1. The molecule has 0 saturated heterocycles. The van der Waals surface area contributed by atoms with Crippen LogP contribution >= 0.6 is 11.6 Å². The van der Waals surface area contributed by atoms with Crippen molar-refractivity contribution >= 4 is 22.6 Å². The van der Waals surface area contributed by atoms with Gasteiger partial charge in [0.15, 0.2) is 17.3 Å². The van der Waals surface area contributed by atoms with Gasteiger partial charge in [0.25, 0.3) is 5.56 Å². The second-order valence-electron chi connectivity index (χ2n) is 8.10. The van der Waals surface area contributed by atoms with E-state index in [-0.39, 0.29) is 30.0 Å². The molecular weight excluding hydrogens is 462 g/mol. The molecule has 3 aromatic rings. The van der Waals surface area contributed by atoms with Gasteiger partial charge in [-0.25, -0.2) is 9.79 Å². The summed E-state index contributed by atoms with van der Waals surface area (Å²) >= 11 is 6.07. The number of hydrogen-bond donors (Lipinski definition) is 1. The molecule has 11 heteroatoms. The van der Waals surface area contributed by atoms with Crippen molar-refractivity contribution in [3.05, 3.63) is 61.9 Å². The summed E-state index contributed by atoms with van der Waals surface area (Å²) in [5.41, 5.74) is 0.602. The maximum Gasteiger partial charge on any atom is 0.332 e. The van der Waals surface area contributed by atoms with Gasteiger partial charge >= 0.3 is 5.69 Å². The number of unbranched alkanes of at least 4 members (excludes halogenated alkanes) is 1. The first-order valence-corrected chi connectivity index (χ1v) is 11.6.